The first-order chi connectivity index (χ1) is 9.99. The van der Waals surface area contributed by atoms with E-state index in [1.807, 2.05) is 6.07 Å². The normalized spacial score (nSPS) is 11.5. The Morgan fingerprint density at radius 3 is 2.29 bits per heavy atom. The van der Waals surface area contributed by atoms with Gasteiger partial charge in [0.05, 0.1) is 0 Å². The van der Waals surface area contributed by atoms with Crippen LogP contribution in [-0.4, -0.2) is 8.76 Å². The summed E-state index contributed by atoms with van der Waals surface area (Å²) in [4.78, 5) is 0. The molecular weight excluding hydrogens is 289 g/mol. The molecule has 0 aromatic heterocycles. The third-order valence-corrected chi connectivity index (χ3v) is 3.14. The Labute approximate surface area is 127 Å². The highest BCUT2D eigenvalue weighted by Gasteiger charge is 2.07. The molecule has 2 aromatic carbocycles. The molecule has 0 spiro atoms. The van der Waals surface area contributed by atoms with Gasteiger partial charge in [-0.05, 0) is 47.2 Å². The number of hydrogen-bond acceptors (Lipinski definition) is 2. The van der Waals surface area contributed by atoms with Gasteiger partial charge >= 0.3 is 0 Å². The van der Waals surface area contributed by atoms with Crippen LogP contribution in [0.1, 0.15) is 25.0 Å². The molecule has 0 saturated heterocycles. The highest BCUT2D eigenvalue weighted by Crippen LogP contribution is 2.27. The van der Waals surface area contributed by atoms with Crippen molar-refractivity contribution in [2.45, 2.75) is 26.7 Å². The van der Waals surface area contributed by atoms with Crippen LogP contribution in [0.5, 0.6) is 0 Å². The molecule has 0 amide bonds. The molecule has 2 rings (SSSR count). The van der Waals surface area contributed by atoms with Crippen LogP contribution in [0.2, 0.25) is 0 Å². The van der Waals surface area contributed by atoms with E-state index in [1.54, 1.807) is 12.1 Å². The van der Waals surface area contributed by atoms with Crippen LogP contribution >= 0.6 is 0 Å². The minimum absolute atomic E-state index is 0.175. The summed E-state index contributed by atoms with van der Waals surface area (Å²) >= 11 is -2.36. The Balaban J connectivity index is 0.000000491. The van der Waals surface area contributed by atoms with Gasteiger partial charge in [0.25, 0.3) is 0 Å². The molecule has 0 fully saturated rings. The van der Waals surface area contributed by atoms with Crippen LogP contribution < -0.4 is 5.14 Å². The molecule has 114 valence electrons. The smallest absolute Gasteiger partial charge is 0.123 e. The average molecular weight is 308 g/mol. The van der Waals surface area contributed by atoms with E-state index < -0.39 is 11.3 Å². The lowest BCUT2D eigenvalue weighted by molar-refractivity contribution is 0.539. The molecule has 21 heavy (non-hydrogen) atoms. The first kappa shape index (κ1) is 17.5. The van der Waals surface area contributed by atoms with Gasteiger partial charge in [-0.1, -0.05) is 44.2 Å². The quantitative estimate of drug-likeness (QED) is 0.884. The molecule has 0 aliphatic heterocycles. The number of aryl methyl sites for hydroxylation is 1. The van der Waals surface area contributed by atoms with Gasteiger partial charge in [-0.3, -0.25) is 9.35 Å². The molecule has 0 aliphatic carbocycles. The lowest BCUT2D eigenvalue weighted by Crippen LogP contribution is -1.97. The predicted molar refractivity (Wildman–Crippen MR) is 83.7 cm³/mol. The number of nitrogens with two attached hydrogens (primary N) is 1. The maximum atomic E-state index is 13.3. The molecule has 0 saturated carbocycles. The van der Waals surface area contributed by atoms with Crippen molar-refractivity contribution in [1.82, 2.24) is 0 Å². The first-order valence-electron chi connectivity index (χ1n) is 6.69. The van der Waals surface area contributed by atoms with Crippen LogP contribution in [0.4, 0.5) is 4.39 Å². The summed E-state index contributed by atoms with van der Waals surface area (Å²) in [5, 5.41) is 4.03. The van der Waals surface area contributed by atoms with Crippen LogP contribution in [0, 0.1) is 5.82 Å². The van der Waals surface area contributed by atoms with Gasteiger partial charge < -0.3 is 4.55 Å². The number of benzene rings is 2. The van der Waals surface area contributed by atoms with E-state index in [9.17, 15) is 4.39 Å². The molecule has 5 heteroatoms. The lowest BCUT2D eigenvalue weighted by Gasteiger charge is -2.12. The Bertz CT molecular complexity index is 613. The monoisotopic (exact) mass is 308 g/mol. The van der Waals surface area contributed by atoms with Crippen LogP contribution in [-0.2, 0) is 24.1 Å². The molecule has 0 aliphatic rings. The van der Waals surface area contributed by atoms with Crippen molar-refractivity contribution in [2.24, 2.45) is 5.14 Å². The zero-order valence-electron chi connectivity index (χ0n) is 12.1. The highest BCUT2D eigenvalue weighted by molar-refractivity contribution is 7.76. The van der Waals surface area contributed by atoms with Crippen molar-refractivity contribution in [1.29, 1.82) is 0 Å². The molecular formula is C16H19FNO2S-. The van der Waals surface area contributed by atoms with Gasteiger partial charge in [0.2, 0.25) is 0 Å². The minimum atomic E-state index is -2.36. The van der Waals surface area contributed by atoms with Crippen molar-refractivity contribution in [2.75, 3.05) is 0 Å². The number of halogens is 1. The van der Waals surface area contributed by atoms with Crippen molar-refractivity contribution in [3.8, 4) is 11.1 Å². The average Bonchev–Trinajstić information content (AvgIpc) is 2.45. The summed E-state index contributed by atoms with van der Waals surface area (Å²) in [6.07, 6.45) is 2.00. The molecule has 0 radical (unpaired) electrons. The Morgan fingerprint density at radius 1 is 1.14 bits per heavy atom. The third-order valence-electron chi connectivity index (χ3n) is 3.14. The molecule has 0 heterocycles. The van der Waals surface area contributed by atoms with Crippen LogP contribution in [0.3, 0.4) is 0 Å². The molecule has 2 aromatic rings. The fourth-order valence-electron chi connectivity index (χ4n) is 2.31. The summed E-state index contributed by atoms with van der Waals surface area (Å²) in [5.74, 6) is -0.175. The first-order valence-corrected chi connectivity index (χ1v) is 7.83. The van der Waals surface area contributed by atoms with E-state index in [0.717, 1.165) is 24.0 Å². The zero-order valence-corrected chi connectivity index (χ0v) is 13.0. The standard InChI is InChI=1S/C16H17F.H3NO2S/c1-3-12-7-6-10-16(15(12)4-2)13-8-5-9-14(17)11-13;1-4(2)3/h5-11H,3-4H2,1-2H3;1H2,(H,2,3)/p-1. The van der Waals surface area contributed by atoms with E-state index >= 15 is 0 Å². The van der Waals surface area contributed by atoms with Gasteiger partial charge in [-0.25, -0.2) is 4.39 Å². The predicted octanol–water partition coefficient (Wildman–Crippen LogP) is 3.36. The van der Waals surface area contributed by atoms with E-state index in [2.05, 4.69) is 37.2 Å². The number of rotatable bonds is 3. The highest BCUT2D eigenvalue weighted by atomic mass is 32.2. The van der Waals surface area contributed by atoms with Crippen molar-refractivity contribution in [3.63, 3.8) is 0 Å². The minimum Gasteiger partial charge on any atom is -0.760 e. The SMILES string of the molecule is CCc1cccc(-c2cccc(F)c2)c1CC.NS(=O)[O-]. The lowest BCUT2D eigenvalue weighted by atomic mass is 9.93. The second kappa shape index (κ2) is 8.67. The topological polar surface area (TPSA) is 66.2 Å². The summed E-state index contributed by atoms with van der Waals surface area (Å²) < 4.78 is 30.8. The molecule has 0 bridgehead atoms. The third kappa shape index (κ3) is 5.38. The Kier molecular flexibility index (Phi) is 7.22. The second-order valence-corrected chi connectivity index (χ2v) is 4.94. The van der Waals surface area contributed by atoms with Gasteiger partial charge in [0.15, 0.2) is 0 Å². The fraction of sp³-hybridized carbons (Fsp3) is 0.250. The second-order valence-electron chi connectivity index (χ2n) is 4.42. The maximum Gasteiger partial charge on any atom is 0.123 e. The van der Waals surface area contributed by atoms with E-state index in [0.29, 0.717) is 0 Å². The molecule has 1 unspecified atom stereocenters. The molecule has 2 N–H and O–H groups in total. The van der Waals surface area contributed by atoms with Gasteiger partial charge in [-0.2, -0.15) is 0 Å². The van der Waals surface area contributed by atoms with Crippen LogP contribution in [0.15, 0.2) is 42.5 Å². The largest absolute Gasteiger partial charge is 0.760 e. The van der Waals surface area contributed by atoms with Crippen molar-refractivity contribution in [3.05, 3.63) is 59.4 Å². The summed E-state index contributed by atoms with van der Waals surface area (Å²) in [6.45, 7) is 4.31. The molecule has 1 atom stereocenters. The maximum absolute atomic E-state index is 13.3. The summed E-state index contributed by atoms with van der Waals surface area (Å²) in [7, 11) is 0. The zero-order chi connectivity index (χ0) is 15.8. The summed E-state index contributed by atoms with van der Waals surface area (Å²) in [6, 6.07) is 13.1. The fourth-order valence-corrected chi connectivity index (χ4v) is 2.31. The summed E-state index contributed by atoms with van der Waals surface area (Å²) in [5.41, 5.74) is 4.82. The van der Waals surface area contributed by atoms with Gasteiger partial charge in [0.1, 0.15) is 5.82 Å². The van der Waals surface area contributed by atoms with Gasteiger partial charge in [0, 0.05) is 11.3 Å². The Morgan fingerprint density at radius 2 is 1.76 bits per heavy atom. The van der Waals surface area contributed by atoms with E-state index in [4.69, 9.17) is 8.76 Å². The Hall–Kier alpha value is -1.56. The van der Waals surface area contributed by atoms with E-state index in [1.165, 1.54) is 17.2 Å². The van der Waals surface area contributed by atoms with Gasteiger partial charge in [-0.15, -0.1) is 0 Å². The number of hydrogen-bond donors (Lipinski definition) is 1. The molecule has 3 nitrogen and oxygen atoms in total. The van der Waals surface area contributed by atoms with Crippen LogP contribution in [0.25, 0.3) is 11.1 Å². The van der Waals surface area contributed by atoms with E-state index in [-0.39, 0.29) is 5.82 Å². The van der Waals surface area contributed by atoms with Crippen molar-refractivity contribution >= 4 is 11.3 Å². The van der Waals surface area contributed by atoms with Crippen molar-refractivity contribution < 1.29 is 13.2 Å².